The van der Waals surface area contributed by atoms with Gasteiger partial charge in [-0.2, -0.15) is 0 Å². The van der Waals surface area contributed by atoms with Crippen molar-refractivity contribution in [1.29, 1.82) is 0 Å². The second kappa shape index (κ2) is 15.8. The number of allylic oxidation sites excluding steroid dienone is 1. The Morgan fingerprint density at radius 3 is 1.21 bits per heavy atom. The fourth-order valence-corrected chi connectivity index (χ4v) is 9.07. The van der Waals surface area contributed by atoms with Crippen molar-refractivity contribution in [3.05, 3.63) is 247 Å². The molecule has 0 aliphatic heterocycles. The molecular formula is C58H42N4. The molecule has 2 heterocycles. The first kappa shape index (κ1) is 36.8. The van der Waals surface area contributed by atoms with E-state index in [0.717, 1.165) is 78.1 Å². The maximum absolute atomic E-state index is 7.52. The lowest BCUT2D eigenvalue weighted by atomic mass is 9.97. The van der Waals surface area contributed by atoms with Gasteiger partial charge in [0, 0.05) is 38.4 Å². The van der Waals surface area contributed by atoms with Gasteiger partial charge < -0.3 is 14.9 Å². The van der Waals surface area contributed by atoms with E-state index < -0.39 is 0 Å². The molecule has 0 amide bonds. The average Bonchev–Trinajstić information content (AvgIpc) is 3.86. The van der Waals surface area contributed by atoms with Gasteiger partial charge >= 0.3 is 0 Å². The van der Waals surface area contributed by atoms with E-state index in [9.17, 15) is 0 Å². The zero-order valence-electron chi connectivity index (χ0n) is 34.1. The normalized spacial score (nSPS) is 12.2. The molecule has 11 rings (SSSR count). The summed E-state index contributed by atoms with van der Waals surface area (Å²) in [6.45, 7) is 0.486. The molecule has 0 saturated carbocycles. The number of hydrogen-bond acceptors (Lipinski definition) is 2. The highest BCUT2D eigenvalue weighted by Crippen LogP contribution is 2.38. The van der Waals surface area contributed by atoms with Crippen molar-refractivity contribution in [2.45, 2.75) is 6.54 Å². The van der Waals surface area contributed by atoms with Gasteiger partial charge in [-0.15, -0.1) is 0 Å². The van der Waals surface area contributed by atoms with Gasteiger partial charge in [0.15, 0.2) is 0 Å². The standard InChI is InChI=1S/C58H42N4/c59-51(49-34-32-43(41-20-6-2-7-21-41)36-57(49)61-53-28-14-10-24-45(53)46-25-11-15-29-54(46)61)38-52(60-39-40-18-4-1-5-19-40)50-35-33-44(42-22-8-3-9-23-42)37-58(50)62-55-30-16-12-26-47(55)48-27-13-17-31-56(48)62/h1-38H,39,59H2/b51-38-,60-52?. The first-order valence-corrected chi connectivity index (χ1v) is 21.1. The molecule has 9 aromatic carbocycles. The van der Waals surface area contributed by atoms with Crippen molar-refractivity contribution in [3.8, 4) is 33.6 Å². The van der Waals surface area contributed by atoms with E-state index in [1.54, 1.807) is 0 Å². The van der Waals surface area contributed by atoms with Crippen LogP contribution >= 0.6 is 0 Å². The summed E-state index contributed by atoms with van der Waals surface area (Å²) >= 11 is 0. The number of aromatic nitrogens is 2. The van der Waals surface area contributed by atoms with Crippen molar-refractivity contribution in [1.82, 2.24) is 9.13 Å². The molecule has 0 saturated heterocycles. The van der Waals surface area contributed by atoms with Gasteiger partial charge in [0.05, 0.1) is 45.7 Å². The minimum atomic E-state index is 0.486. The number of nitrogens with zero attached hydrogens (tertiary/aromatic N) is 3. The minimum Gasteiger partial charge on any atom is -0.398 e. The van der Waals surface area contributed by atoms with Crippen LogP contribution in [0, 0.1) is 0 Å². The Balaban J connectivity index is 1.17. The number of benzene rings is 9. The van der Waals surface area contributed by atoms with Crippen LogP contribution in [0.3, 0.4) is 0 Å². The van der Waals surface area contributed by atoms with Gasteiger partial charge in [-0.25, -0.2) is 0 Å². The highest BCUT2D eigenvalue weighted by atomic mass is 15.0. The van der Waals surface area contributed by atoms with Gasteiger partial charge in [0.1, 0.15) is 0 Å². The zero-order valence-corrected chi connectivity index (χ0v) is 34.1. The van der Waals surface area contributed by atoms with E-state index in [4.69, 9.17) is 10.7 Å². The second-order valence-electron chi connectivity index (χ2n) is 15.7. The number of hydrogen-bond donors (Lipinski definition) is 1. The van der Waals surface area contributed by atoms with E-state index >= 15 is 0 Å². The summed E-state index contributed by atoms with van der Waals surface area (Å²) in [7, 11) is 0. The predicted octanol–water partition coefficient (Wildman–Crippen LogP) is 14.2. The van der Waals surface area contributed by atoms with E-state index in [1.165, 1.54) is 21.5 Å². The van der Waals surface area contributed by atoms with Gasteiger partial charge in [0.2, 0.25) is 0 Å². The molecule has 2 N–H and O–H groups in total. The summed E-state index contributed by atoms with van der Waals surface area (Å²) in [4.78, 5) is 5.46. The number of fused-ring (bicyclic) bond motifs is 6. The monoisotopic (exact) mass is 794 g/mol. The molecular weight excluding hydrogens is 753 g/mol. The van der Waals surface area contributed by atoms with Crippen LogP contribution in [0.25, 0.3) is 82.9 Å². The fraction of sp³-hybridized carbons (Fsp3) is 0.0172. The SMILES string of the molecule is N/C(=C\C(=NCc1ccccc1)c1ccc(-c2ccccc2)cc1-n1c2ccccc2c2ccccc21)c1ccc(-c2ccccc2)cc1-n1c2ccccc2c2ccccc21. The molecule has 0 aliphatic carbocycles. The molecule has 294 valence electrons. The van der Waals surface area contributed by atoms with E-state index in [1.807, 2.05) is 6.07 Å². The van der Waals surface area contributed by atoms with Crippen molar-refractivity contribution in [2.75, 3.05) is 0 Å². The molecule has 0 unspecified atom stereocenters. The molecule has 0 bridgehead atoms. The number of nitrogens with two attached hydrogens (primary N) is 1. The number of rotatable bonds is 9. The van der Waals surface area contributed by atoms with E-state index in [2.05, 4.69) is 234 Å². The maximum Gasteiger partial charge on any atom is 0.0692 e. The summed E-state index contributed by atoms with van der Waals surface area (Å²) in [5.74, 6) is 0. The average molecular weight is 795 g/mol. The highest BCUT2D eigenvalue weighted by molar-refractivity contribution is 6.17. The highest BCUT2D eigenvalue weighted by Gasteiger charge is 2.21. The molecule has 4 nitrogen and oxygen atoms in total. The van der Waals surface area contributed by atoms with Crippen LogP contribution in [0.1, 0.15) is 16.7 Å². The lowest BCUT2D eigenvalue weighted by molar-refractivity contribution is 1.07. The Bertz CT molecular complexity index is 3380. The number of aliphatic imine (C=N–C) groups is 1. The summed E-state index contributed by atoms with van der Waals surface area (Å²) in [5, 5.41) is 4.79. The lowest BCUT2D eigenvalue weighted by Gasteiger charge is -2.18. The molecule has 0 fully saturated rings. The van der Waals surface area contributed by atoms with E-state index in [-0.39, 0.29) is 0 Å². The lowest BCUT2D eigenvalue weighted by Crippen LogP contribution is -2.11. The van der Waals surface area contributed by atoms with Crippen molar-refractivity contribution in [2.24, 2.45) is 10.7 Å². The van der Waals surface area contributed by atoms with Crippen molar-refractivity contribution in [3.63, 3.8) is 0 Å². The van der Waals surface area contributed by atoms with Crippen molar-refractivity contribution < 1.29 is 0 Å². The Morgan fingerprint density at radius 2 is 0.758 bits per heavy atom. The topological polar surface area (TPSA) is 48.2 Å². The quantitative estimate of drug-likeness (QED) is 0.145. The molecule has 11 aromatic rings. The largest absolute Gasteiger partial charge is 0.398 e. The number of para-hydroxylation sites is 4. The molecule has 4 heteroatoms. The molecule has 0 spiro atoms. The first-order valence-electron chi connectivity index (χ1n) is 21.1. The van der Waals surface area contributed by atoms with Crippen LogP contribution in [-0.2, 0) is 6.54 Å². The molecule has 62 heavy (non-hydrogen) atoms. The third kappa shape index (κ3) is 6.55. The van der Waals surface area contributed by atoms with Gasteiger partial charge in [-0.3, -0.25) is 4.99 Å². The van der Waals surface area contributed by atoms with E-state index in [0.29, 0.717) is 12.2 Å². The summed E-state index contributed by atoms with van der Waals surface area (Å²) in [6.07, 6.45) is 2.09. The summed E-state index contributed by atoms with van der Waals surface area (Å²) in [6, 6.07) is 79.6. The van der Waals surface area contributed by atoms with Crippen LogP contribution in [0.5, 0.6) is 0 Å². The van der Waals surface area contributed by atoms with Crippen LogP contribution in [-0.4, -0.2) is 14.8 Å². The Morgan fingerprint density at radius 1 is 0.387 bits per heavy atom. The predicted molar refractivity (Wildman–Crippen MR) is 261 cm³/mol. The van der Waals surface area contributed by atoms with Gasteiger partial charge in [-0.1, -0.05) is 188 Å². The second-order valence-corrected chi connectivity index (χ2v) is 15.7. The molecule has 0 atom stereocenters. The minimum absolute atomic E-state index is 0.486. The third-order valence-corrected chi connectivity index (χ3v) is 12.0. The van der Waals surface area contributed by atoms with Crippen LogP contribution in [0.2, 0.25) is 0 Å². The van der Waals surface area contributed by atoms with Crippen LogP contribution in [0.4, 0.5) is 0 Å². The van der Waals surface area contributed by atoms with Gasteiger partial charge in [-0.05, 0) is 70.3 Å². The third-order valence-electron chi connectivity index (χ3n) is 12.0. The molecule has 2 aromatic heterocycles. The maximum atomic E-state index is 7.52. The van der Waals surface area contributed by atoms with Crippen LogP contribution in [0.15, 0.2) is 236 Å². The van der Waals surface area contributed by atoms with Crippen molar-refractivity contribution >= 4 is 55.0 Å². The Kier molecular flexibility index (Phi) is 9.36. The molecule has 0 aliphatic rings. The fourth-order valence-electron chi connectivity index (χ4n) is 9.07. The van der Waals surface area contributed by atoms with Crippen LogP contribution < -0.4 is 5.73 Å². The smallest absolute Gasteiger partial charge is 0.0692 e. The summed E-state index contributed by atoms with van der Waals surface area (Å²) < 4.78 is 4.76. The Labute approximate surface area is 360 Å². The first-order chi connectivity index (χ1) is 30.7. The summed E-state index contributed by atoms with van der Waals surface area (Å²) in [5.41, 5.74) is 23.0. The van der Waals surface area contributed by atoms with Gasteiger partial charge in [0.25, 0.3) is 0 Å². The molecule has 0 radical (unpaired) electrons. The zero-order chi connectivity index (χ0) is 41.4. The Hall–Kier alpha value is -8.21.